The summed E-state index contributed by atoms with van der Waals surface area (Å²) < 4.78 is 4.75. The lowest BCUT2D eigenvalue weighted by Crippen LogP contribution is -2.33. The first kappa shape index (κ1) is 18.5. The number of ether oxygens (including phenoxy) is 1. The highest BCUT2D eigenvalue weighted by atomic mass is 16.5. The highest BCUT2D eigenvalue weighted by Crippen LogP contribution is 2.23. The summed E-state index contributed by atoms with van der Waals surface area (Å²) in [5.74, 6) is -1.31. The first-order chi connectivity index (χ1) is 10.8. The van der Waals surface area contributed by atoms with Crippen LogP contribution in [-0.4, -0.2) is 48.7 Å². The Morgan fingerprint density at radius 2 is 1.96 bits per heavy atom. The number of urea groups is 1. The number of nitrogens with zero attached hydrogens (tertiary/aromatic N) is 1. The molecule has 0 saturated carbocycles. The zero-order chi connectivity index (χ0) is 17.6. The van der Waals surface area contributed by atoms with Gasteiger partial charge in [-0.15, -0.1) is 0 Å². The van der Waals surface area contributed by atoms with Crippen LogP contribution < -0.4 is 5.32 Å². The van der Waals surface area contributed by atoms with E-state index in [1.54, 1.807) is 12.1 Å². The van der Waals surface area contributed by atoms with Gasteiger partial charge in [-0.2, -0.15) is 0 Å². The highest BCUT2D eigenvalue weighted by molar-refractivity contribution is 6.01. The predicted molar refractivity (Wildman–Crippen MR) is 85.8 cm³/mol. The molecule has 1 aromatic rings. The van der Waals surface area contributed by atoms with Gasteiger partial charge in [-0.05, 0) is 23.6 Å². The van der Waals surface area contributed by atoms with E-state index in [4.69, 9.17) is 9.84 Å². The van der Waals surface area contributed by atoms with Crippen LogP contribution in [0.15, 0.2) is 18.2 Å². The third-order valence-electron chi connectivity index (χ3n) is 3.36. The van der Waals surface area contributed by atoms with Crippen LogP contribution in [0.1, 0.15) is 42.1 Å². The molecule has 0 aliphatic rings. The molecule has 0 aliphatic carbocycles. The molecule has 0 fully saturated rings. The summed E-state index contributed by atoms with van der Waals surface area (Å²) >= 11 is 0. The average molecular weight is 322 g/mol. The number of carboxylic acids is 1. The Balaban J connectivity index is 2.96. The summed E-state index contributed by atoms with van der Waals surface area (Å²) in [5.41, 5.74) is 1.54. The Morgan fingerprint density at radius 1 is 1.30 bits per heavy atom. The van der Waals surface area contributed by atoms with Crippen LogP contribution >= 0.6 is 0 Å². The largest absolute Gasteiger partial charge is 0.481 e. The van der Waals surface area contributed by atoms with E-state index in [0.29, 0.717) is 5.69 Å². The Labute approximate surface area is 135 Å². The molecule has 0 radical (unpaired) electrons. The molecule has 0 spiro atoms. The summed E-state index contributed by atoms with van der Waals surface area (Å²) in [6.07, 6.45) is -0.153. The second-order valence-corrected chi connectivity index (χ2v) is 5.45. The number of amides is 2. The van der Waals surface area contributed by atoms with Crippen LogP contribution in [0.25, 0.3) is 0 Å². The van der Waals surface area contributed by atoms with E-state index in [1.165, 1.54) is 19.1 Å². The smallest absolute Gasteiger partial charge is 0.339 e. The van der Waals surface area contributed by atoms with Crippen LogP contribution in [0.3, 0.4) is 0 Å². The summed E-state index contributed by atoms with van der Waals surface area (Å²) in [4.78, 5) is 35.8. The molecular formula is C16H22N2O5. The lowest BCUT2D eigenvalue weighted by molar-refractivity contribution is -0.137. The van der Waals surface area contributed by atoms with Crippen molar-refractivity contribution in [2.24, 2.45) is 0 Å². The number of carboxylic acid groups (broad SMARTS) is 1. The van der Waals surface area contributed by atoms with Crippen LogP contribution in [0.5, 0.6) is 0 Å². The van der Waals surface area contributed by atoms with E-state index >= 15 is 0 Å². The maximum Gasteiger partial charge on any atom is 0.339 e. The van der Waals surface area contributed by atoms with Crippen molar-refractivity contribution in [3.8, 4) is 0 Å². The minimum Gasteiger partial charge on any atom is -0.481 e. The van der Waals surface area contributed by atoms with E-state index in [-0.39, 0.29) is 24.4 Å². The zero-order valence-corrected chi connectivity index (χ0v) is 13.8. The van der Waals surface area contributed by atoms with Crippen LogP contribution in [-0.2, 0) is 9.53 Å². The van der Waals surface area contributed by atoms with Crippen molar-refractivity contribution in [3.63, 3.8) is 0 Å². The second-order valence-electron chi connectivity index (χ2n) is 5.45. The van der Waals surface area contributed by atoms with Gasteiger partial charge in [0.15, 0.2) is 0 Å². The number of rotatable bonds is 6. The van der Waals surface area contributed by atoms with Crippen molar-refractivity contribution >= 4 is 23.7 Å². The zero-order valence-electron chi connectivity index (χ0n) is 13.8. The fourth-order valence-electron chi connectivity index (χ4n) is 1.88. The molecule has 0 aromatic heterocycles. The van der Waals surface area contributed by atoms with Crippen molar-refractivity contribution in [3.05, 3.63) is 29.3 Å². The molecule has 1 aromatic carbocycles. The molecule has 0 aliphatic heterocycles. The Bertz CT molecular complexity index is 598. The molecule has 0 atom stereocenters. The first-order valence-corrected chi connectivity index (χ1v) is 7.22. The minimum absolute atomic E-state index is 0.0683. The second kappa shape index (κ2) is 8.17. The summed E-state index contributed by atoms with van der Waals surface area (Å²) in [7, 11) is 2.76. The van der Waals surface area contributed by atoms with E-state index in [2.05, 4.69) is 5.32 Å². The van der Waals surface area contributed by atoms with Gasteiger partial charge in [-0.1, -0.05) is 19.9 Å². The van der Waals surface area contributed by atoms with Crippen molar-refractivity contribution in [2.45, 2.75) is 26.2 Å². The predicted octanol–water partition coefficient (Wildman–Crippen LogP) is 2.54. The van der Waals surface area contributed by atoms with Gasteiger partial charge in [0, 0.05) is 13.6 Å². The van der Waals surface area contributed by atoms with Crippen molar-refractivity contribution < 1.29 is 24.2 Å². The van der Waals surface area contributed by atoms with E-state index in [0.717, 1.165) is 5.56 Å². The van der Waals surface area contributed by atoms with E-state index in [1.807, 2.05) is 19.9 Å². The molecule has 1 rings (SSSR count). The van der Waals surface area contributed by atoms with Crippen molar-refractivity contribution in [2.75, 3.05) is 26.0 Å². The first-order valence-electron chi connectivity index (χ1n) is 7.22. The number of aliphatic carboxylic acids is 1. The summed E-state index contributed by atoms with van der Waals surface area (Å²) in [6.45, 7) is 4.06. The fraction of sp³-hybridized carbons (Fsp3) is 0.438. The van der Waals surface area contributed by atoms with Gasteiger partial charge >= 0.3 is 18.0 Å². The highest BCUT2D eigenvalue weighted by Gasteiger charge is 2.17. The van der Waals surface area contributed by atoms with Gasteiger partial charge in [0.1, 0.15) is 0 Å². The SMILES string of the molecule is COC(=O)c1cc(C(C)C)ccc1NC(=O)N(C)CCC(=O)O. The number of carbonyl (C=O) groups excluding carboxylic acids is 2. The number of esters is 1. The molecule has 2 N–H and O–H groups in total. The maximum atomic E-state index is 12.1. The molecule has 0 bridgehead atoms. The topological polar surface area (TPSA) is 95.9 Å². The van der Waals surface area contributed by atoms with Gasteiger partial charge in [-0.25, -0.2) is 9.59 Å². The van der Waals surface area contributed by atoms with Gasteiger partial charge < -0.3 is 20.1 Å². The van der Waals surface area contributed by atoms with Crippen LogP contribution in [0, 0.1) is 0 Å². The normalized spacial score (nSPS) is 10.3. The lowest BCUT2D eigenvalue weighted by Gasteiger charge is -2.19. The van der Waals surface area contributed by atoms with Gasteiger partial charge in [-0.3, -0.25) is 4.79 Å². The molecular weight excluding hydrogens is 300 g/mol. The standard InChI is InChI=1S/C16H22N2O5/c1-10(2)11-5-6-13(12(9-11)15(21)23-4)17-16(22)18(3)8-7-14(19)20/h5-6,9-10H,7-8H2,1-4H3,(H,17,22)(H,19,20). The molecule has 0 saturated heterocycles. The number of carbonyl (C=O) groups is 3. The molecule has 0 heterocycles. The van der Waals surface area contributed by atoms with Crippen molar-refractivity contribution in [1.29, 1.82) is 0 Å². The number of nitrogens with one attached hydrogen (secondary N) is 1. The lowest BCUT2D eigenvalue weighted by atomic mass is 9.99. The molecule has 2 amide bonds. The minimum atomic E-state index is -0.985. The third-order valence-corrected chi connectivity index (χ3v) is 3.36. The number of anilines is 1. The van der Waals surface area contributed by atoms with Gasteiger partial charge in [0.25, 0.3) is 0 Å². The molecule has 23 heavy (non-hydrogen) atoms. The Kier molecular flexibility index (Phi) is 6.56. The third kappa shape index (κ3) is 5.28. The monoisotopic (exact) mass is 322 g/mol. The molecule has 126 valence electrons. The number of benzene rings is 1. The Morgan fingerprint density at radius 3 is 2.48 bits per heavy atom. The van der Waals surface area contributed by atoms with E-state index < -0.39 is 18.0 Å². The Hall–Kier alpha value is -2.57. The number of methoxy groups -OCH3 is 1. The number of hydrogen-bond donors (Lipinski definition) is 2. The fourth-order valence-corrected chi connectivity index (χ4v) is 1.88. The molecule has 7 nitrogen and oxygen atoms in total. The summed E-state index contributed by atoms with van der Waals surface area (Å²) in [6, 6.07) is 4.66. The quantitative estimate of drug-likeness (QED) is 0.785. The average Bonchev–Trinajstić information content (AvgIpc) is 2.51. The van der Waals surface area contributed by atoms with Crippen LogP contribution in [0.2, 0.25) is 0 Å². The molecule has 7 heteroatoms. The number of hydrogen-bond acceptors (Lipinski definition) is 4. The van der Waals surface area contributed by atoms with E-state index in [9.17, 15) is 14.4 Å². The van der Waals surface area contributed by atoms with Crippen LogP contribution in [0.4, 0.5) is 10.5 Å². The van der Waals surface area contributed by atoms with Gasteiger partial charge in [0.05, 0.1) is 24.8 Å². The summed E-state index contributed by atoms with van der Waals surface area (Å²) in [5, 5.41) is 11.3. The van der Waals surface area contributed by atoms with Crippen molar-refractivity contribution in [1.82, 2.24) is 4.90 Å². The van der Waals surface area contributed by atoms with Gasteiger partial charge in [0.2, 0.25) is 0 Å². The maximum absolute atomic E-state index is 12.1. The molecule has 0 unspecified atom stereocenters.